The molecule has 7 nitrogen and oxygen atoms in total. The molecule has 2 aromatic rings. The van der Waals surface area contributed by atoms with Gasteiger partial charge in [-0.25, -0.2) is 4.98 Å². The number of nitrogens with zero attached hydrogens (tertiary/aromatic N) is 3. The topological polar surface area (TPSA) is 90.2 Å². The Morgan fingerprint density at radius 3 is 2.80 bits per heavy atom. The van der Waals surface area contributed by atoms with E-state index in [-0.39, 0.29) is 18.0 Å². The lowest BCUT2D eigenvalue weighted by Gasteiger charge is -2.07. The predicted molar refractivity (Wildman–Crippen MR) is 76.7 cm³/mol. The highest BCUT2D eigenvalue weighted by molar-refractivity contribution is 9.10. The molecule has 0 unspecified atom stereocenters. The maximum atomic E-state index is 10.9. The summed E-state index contributed by atoms with van der Waals surface area (Å²) in [4.78, 5) is 18.7. The van der Waals surface area contributed by atoms with E-state index in [0.717, 1.165) is 0 Å². The van der Waals surface area contributed by atoms with Crippen LogP contribution >= 0.6 is 15.9 Å². The van der Waals surface area contributed by atoms with E-state index in [9.17, 15) is 10.1 Å². The molecule has 0 atom stereocenters. The van der Waals surface area contributed by atoms with E-state index >= 15 is 0 Å². The Balaban J connectivity index is 2.12. The number of halogens is 1. The minimum Gasteiger partial charge on any atom is -0.480 e. The monoisotopic (exact) mass is 338 g/mol. The van der Waals surface area contributed by atoms with Crippen LogP contribution in [0.3, 0.4) is 0 Å². The van der Waals surface area contributed by atoms with E-state index in [4.69, 9.17) is 4.74 Å². The zero-order valence-corrected chi connectivity index (χ0v) is 12.1. The van der Waals surface area contributed by atoms with Crippen molar-refractivity contribution in [3.8, 4) is 5.75 Å². The van der Waals surface area contributed by atoms with Crippen LogP contribution in [0.4, 0.5) is 11.5 Å². The van der Waals surface area contributed by atoms with Crippen LogP contribution in [-0.4, -0.2) is 21.9 Å². The third kappa shape index (κ3) is 3.41. The maximum Gasteiger partial charge on any atom is 0.312 e. The van der Waals surface area contributed by atoms with Crippen LogP contribution < -0.4 is 10.1 Å². The van der Waals surface area contributed by atoms with Gasteiger partial charge in [0.05, 0.1) is 23.0 Å². The number of nitrogens with one attached hydrogen (secondary N) is 1. The molecule has 2 rings (SSSR count). The molecule has 104 valence electrons. The zero-order valence-electron chi connectivity index (χ0n) is 10.5. The van der Waals surface area contributed by atoms with Gasteiger partial charge in [-0.2, -0.15) is 0 Å². The molecule has 0 spiro atoms. The number of aromatic nitrogens is 2. The fraction of sp³-hybridized carbons (Fsp3) is 0.167. The number of anilines is 1. The van der Waals surface area contributed by atoms with Crippen molar-refractivity contribution >= 4 is 27.4 Å². The lowest BCUT2D eigenvalue weighted by Crippen LogP contribution is -2.02. The average molecular weight is 339 g/mol. The molecule has 1 heterocycles. The molecule has 1 N–H and O–H groups in total. The van der Waals surface area contributed by atoms with Crippen LogP contribution in [0.1, 0.15) is 5.69 Å². The van der Waals surface area contributed by atoms with Gasteiger partial charge in [0.25, 0.3) is 0 Å². The van der Waals surface area contributed by atoms with Crippen LogP contribution in [0, 0.1) is 10.1 Å². The quantitative estimate of drug-likeness (QED) is 0.665. The largest absolute Gasteiger partial charge is 0.480 e. The Kier molecular flexibility index (Phi) is 4.46. The van der Waals surface area contributed by atoms with Gasteiger partial charge in [0.15, 0.2) is 5.75 Å². The molecule has 0 fully saturated rings. The number of nitro benzene ring substituents is 1. The van der Waals surface area contributed by atoms with E-state index in [2.05, 4.69) is 31.2 Å². The van der Waals surface area contributed by atoms with E-state index in [1.165, 1.54) is 12.1 Å². The first-order valence-electron chi connectivity index (χ1n) is 5.65. The van der Waals surface area contributed by atoms with Gasteiger partial charge in [0.2, 0.25) is 0 Å². The number of nitro groups is 1. The highest BCUT2D eigenvalue weighted by Crippen LogP contribution is 2.30. The van der Waals surface area contributed by atoms with Crippen molar-refractivity contribution in [1.82, 2.24) is 9.97 Å². The highest BCUT2D eigenvalue weighted by atomic mass is 79.9. The van der Waals surface area contributed by atoms with Crippen molar-refractivity contribution in [2.24, 2.45) is 0 Å². The van der Waals surface area contributed by atoms with Crippen molar-refractivity contribution in [2.75, 3.05) is 12.4 Å². The van der Waals surface area contributed by atoms with Crippen LogP contribution in [-0.2, 0) is 6.61 Å². The second-order valence-electron chi connectivity index (χ2n) is 3.80. The smallest absolute Gasteiger partial charge is 0.312 e. The Labute approximate surface area is 123 Å². The summed E-state index contributed by atoms with van der Waals surface area (Å²) in [5, 5.41) is 13.8. The second kappa shape index (κ2) is 6.29. The molecule has 0 saturated heterocycles. The minimum absolute atomic E-state index is 0.0980. The number of benzene rings is 1. The summed E-state index contributed by atoms with van der Waals surface area (Å²) in [6.45, 7) is 0.111. The van der Waals surface area contributed by atoms with Gasteiger partial charge in [0.1, 0.15) is 12.4 Å². The normalized spacial score (nSPS) is 10.1. The van der Waals surface area contributed by atoms with Crippen LogP contribution in [0.25, 0.3) is 0 Å². The third-order valence-corrected chi connectivity index (χ3v) is 2.95. The highest BCUT2D eigenvalue weighted by Gasteiger charge is 2.15. The third-order valence-electron chi connectivity index (χ3n) is 2.45. The number of hydrogen-bond acceptors (Lipinski definition) is 6. The van der Waals surface area contributed by atoms with Gasteiger partial charge in [-0.15, -0.1) is 0 Å². The molecule has 0 aliphatic carbocycles. The average Bonchev–Trinajstić information content (AvgIpc) is 2.46. The Morgan fingerprint density at radius 1 is 1.40 bits per heavy atom. The second-order valence-corrected chi connectivity index (χ2v) is 4.72. The molecule has 0 radical (unpaired) electrons. The lowest BCUT2D eigenvalue weighted by atomic mass is 10.3. The lowest BCUT2D eigenvalue weighted by molar-refractivity contribution is -0.386. The van der Waals surface area contributed by atoms with Gasteiger partial charge < -0.3 is 10.1 Å². The molecule has 1 aromatic carbocycles. The summed E-state index contributed by atoms with van der Waals surface area (Å²) >= 11 is 3.19. The number of hydrogen-bond donors (Lipinski definition) is 1. The summed E-state index contributed by atoms with van der Waals surface area (Å²) in [5.41, 5.74) is 0.486. The molecule has 0 bridgehead atoms. The van der Waals surface area contributed by atoms with Gasteiger partial charge in [-0.1, -0.05) is 15.9 Å². The Bertz CT molecular complexity index is 619. The molecule has 8 heteroatoms. The van der Waals surface area contributed by atoms with E-state index in [1.807, 2.05) is 0 Å². The van der Waals surface area contributed by atoms with Crippen molar-refractivity contribution in [3.05, 3.63) is 50.9 Å². The number of ether oxygens (including phenoxy) is 1. The van der Waals surface area contributed by atoms with Gasteiger partial charge in [0, 0.05) is 17.6 Å². The predicted octanol–water partition coefficient (Wildman–Crippen LogP) is 2.77. The fourth-order valence-corrected chi connectivity index (χ4v) is 1.81. The van der Waals surface area contributed by atoms with Crippen LogP contribution in [0.15, 0.2) is 35.1 Å². The first-order chi connectivity index (χ1) is 9.60. The van der Waals surface area contributed by atoms with Gasteiger partial charge in [-0.3, -0.25) is 15.1 Å². The first kappa shape index (κ1) is 14.2. The zero-order chi connectivity index (χ0) is 14.5. The van der Waals surface area contributed by atoms with E-state index < -0.39 is 4.92 Å². The molecule has 0 saturated carbocycles. The minimum atomic E-state index is -0.490. The molecule has 20 heavy (non-hydrogen) atoms. The fourth-order valence-electron chi connectivity index (χ4n) is 1.47. The SMILES string of the molecule is CNc1cnc(COc2ccc(Br)cc2[N+](=O)[O-])cn1. The Morgan fingerprint density at radius 2 is 2.20 bits per heavy atom. The molecular formula is C12H11BrN4O3. The molecule has 1 aromatic heterocycles. The van der Waals surface area contributed by atoms with Crippen molar-refractivity contribution in [3.63, 3.8) is 0 Å². The molecule has 0 aliphatic rings. The molecular weight excluding hydrogens is 328 g/mol. The summed E-state index contributed by atoms with van der Waals surface area (Å²) in [6.07, 6.45) is 3.12. The van der Waals surface area contributed by atoms with E-state index in [0.29, 0.717) is 16.0 Å². The summed E-state index contributed by atoms with van der Waals surface area (Å²) in [6, 6.07) is 4.61. The number of rotatable bonds is 5. The first-order valence-corrected chi connectivity index (χ1v) is 6.45. The van der Waals surface area contributed by atoms with Crippen molar-refractivity contribution in [1.29, 1.82) is 0 Å². The standard InChI is InChI=1S/C12H11BrN4O3/c1-14-12-6-15-9(5-16-12)7-20-11-3-2-8(13)4-10(11)17(18)19/h2-6H,7H2,1H3,(H,14,16). The van der Waals surface area contributed by atoms with E-state index in [1.54, 1.807) is 25.5 Å². The van der Waals surface area contributed by atoms with Gasteiger partial charge in [-0.05, 0) is 12.1 Å². The van der Waals surface area contributed by atoms with Crippen molar-refractivity contribution < 1.29 is 9.66 Å². The summed E-state index contributed by atoms with van der Waals surface area (Å²) in [7, 11) is 1.74. The summed E-state index contributed by atoms with van der Waals surface area (Å²) in [5.74, 6) is 0.834. The Hall–Kier alpha value is -2.22. The summed E-state index contributed by atoms with van der Waals surface area (Å²) < 4.78 is 6.05. The van der Waals surface area contributed by atoms with Crippen molar-refractivity contribution in [2.45, 2.75) is 6.61 Å². The van der Waals surface area contributed by atoms with Crippen LogP contribution in [0.2, 0.25) is 0 Å². The van der Waals surface area contributed by atoms with Crippen LogP contribution in [0.5, 0.6) is 5.75 Å². The molecule has 0 amide bonds. The maximum absolute atomic E-state index is 10.9. The molecule has 0 aliphatic heterocycles. The van der Waals surface area contributed by atoms with Gasteiger partial charge >= 0.3 is 5.69 Å².